The van der Waals surface area contributed by atoms with Crippen molar-refractivity contribution in [1.82, 2.24) is 10.2 Å². The Morgan fingerprint density at radius 3 is 2.36 bits per heavy atom. The van der Waals surface area contributed by atoms with Crippen molar-refractivity contribution in [2.45, 2.75) is 61.7 Å². The average molecular weight is 557 g/mol. The lowest BCUT2D eigenvalue weighted by Gasteiger charge is -2.37. The standard InChI is InChI=1S/C30H31F3N2O3S/c1-3-16-34-28(38)29(39-24-14-8-20(2)9-15-24)17-26(37)35(27(29)22-12-10-21(19-36)11-13-22)18-23-6-4-5-7-25(23)30(31,32)33/h4-15,27,36H,3,16-19H2,1-2H3,(H,34,38)/t27-,29-/m1/s1. The van der Waals surface area contributed by atoms with Crippen LogP contribution in [0.3, 0.4) is 0 Å². The van der Waals surface area contributed by atoms with Crippen molar-refractivity contribution in [3.05, 3.63) is 101 Å². The van der Waals surface area contributed by atoms with Gasteiger partial charge >= 0.3 is 6.18 Å². The van der Waals surface area contributed by atoms with E-state index in [1.54, 1.807) is 24.3 Å². The van der Waals surface area contributed by atoms with Crippen molar-refractivity contribution in [3.8, 4) is 0 Å². The molecule has 4 rings (SSSR count). The van der Waals surface area contributed by atoms with Crippen LogP contribution in [0, 0.1) is 6.92 Å². The summed E-state index contributed by atoms with van der Waals surface area (Å²) in [6.07, 6.45) is -4.09. The van der Waals surface area contributed by atoms with Gasteiger partial charge in [-0.05, 0) is 48.2 Å². The Hall–Kier alpha value is -3.30. The molecule has 0 radical (unpaired) electrons. The summed E-state index contributed by atoms with van der Waals surface area (Å²) in [7, 11) is 0. The van der Waals surface area contributed by atoms with Crippen LogP contribution in [0.15, 0.2) is 77.7 Å². The number of hydrogen-bond acceptors (Lipinski definition) is 4. The molecule has 39 heavy (non-hydrogen) atoms. The molecule has 2 atom stereocenters. The molecule has 206 valence electrons. The normalized spacial score (nSPS) is 19.4. The van der Waals surface area contributed by atoms with Crippen molar-refractivity contribution < 1.29 is 27.9 Å². The first kappa shape index (κ1) is 28.7. The largest absolute Gasteiger partial charge is 0.416 e. The number of rotatable bonds is 9. The van der Waals surface area contributed by atoms with Gasteiger partial charge < -0.3 is 15.3 Å². The van der Waals surface area contributed by atoms with Crippen LogP contribution in [0.2, 0.25) is 0 Å². The summed E-state index contributed by atoms with van der Waals surface area (Å²) in [5.74, 6) is -0.749. The van der Waals surface area contributed by atoms with E-state index in [1.165, 1.54) is 34.9 Å². The number of nitrogens with one attached hydrogen (secondary N) is 1. The zero-order chi connectivity index (χ0) is 28.2. The van der Waals surface area contributed by atoms with E-state index < -0.39 is 28.4 Å². The highest BCUT2D eigenvalue weighted by Crippen LogP contribution is 2.53. The lowest BCUT2D eigenvalue weighted by atomic mass is 9.90. The molecule has 1 aliphatic rings. The van der Waals surface area contributed by atoms with E-state index in [1.807, 2.05) is 38.1 Å². The number of aryl methyl sites for hydroxylation is 1. The van der Waals surface area contributed by atoms with Gasteiger partial charge in [-0.3, -0.25) is 9.59 Å². The molecule has 1 saturated heterocycles. The molecule has 0 aromatic heterocycles. The summed E-state index contributed by atoms with van der Waals surface area (Å²) >= 11 is 1.26. The van der Waals surface area contributed by atoms with Crippen LogP contribution in [0.1, 0.15) is 53.6 Å². The summed E-state index contributed by atoms with van der Waals surface area (Å²) in [5.41, 5.74) is 1.43. The van der Waals surface area contributed by atoms with Crippen molar-refractivity contribution in [2.75, 3.05) is 6.54 Å². The Morgan fingerprint density at radius 2 is 1.74 bits per heavy atom. The number of amides is 2. The fourth-order valence-electron chi connectivity index (χ4n) is 4.92. The number of likely N-dealkylation sites (tertiary alicyclic amines) is 1. The molecule has 2 N–H and O–H groups in total. The predicted octanol–water partition coefficient (Wildman–Crippen LogP) is 6.04. The highest BCUT2D eigenvalue weighted by molar-refractivity contribution is 8.01. The van der Waals surface area contributed by atoms with Crippen LogP contribution in [0.5, 0.6) is 0 Å². The molecule has 0 spiro atoms. The van der Waals surface area contributed by atoms with Crippen LogP contribution in [0.25, 0.3) is 0 Å². The van der Waals surface area contributed by atoms with Crippen molar-refractivity contribution >= 4 is 23.6 Å². The second-order valence-electron chi connectivity index (χ2n) is 9.72. The lowest BCUT2D eigenvalue weighted by Crippen LogP contribution is -2.48. The third kappa shape index (κ3) is 6.15. The molecule has 1 fully saturated rings. The number of aliphatic hydroxyl groups excluding tert-OH is 1. The fourth-order valence-corrected chi connectivity index (χ4v) is 6.35. The van der Waals surface area contributed by atoms with Crippen LogP contribution in [-0.4, -0.2) is 33.1 Å². The average Bonchev–Trinajstić information content (AvgIpc) is 3.19. The lowest BCUT2D eigenvalue weighted by molar-refractivity contribution is -0.139. The molecule has 9 heteroatoms. The molecule has 0 aliphatic carbocycles. The molecule has 3 aromatic rings. The quantitative estimate of drug-likeness (QED) is 0.337. The molecule has 1 aliphatic heterocycles. The minimum Gasteiger partial charge on any atom is -0.392 e. The van der Waals surface area contributed by atoms with Gasteiger partial charge in [0.25, 0.3) is 0 Å². The Morgan fingerprint density at radius 1 is 1.08 bits per heavy atom. The summed E-state index contributed by atoms with van der Waals surface area (Å²) in [6.45, 7) is 3.77. The van der Waals surface area contributed by atoms with Crippen molar-refractivity contribution in [3.63, 3.8) is 0 Å². The predicted molar refractivity (Wildman–Crippen MR) is 145 cm³/mol. The Labute approximate surface area is 230 Å². The number of alkyl halides is 3. The maximum Gasteiger partial charge on any atom is 0.416 e. The summed E-state index contributed by atoms with van der Waals surface area (Å²) in [6, 6.07) is 18.8. The summed E-state index contributed by atoms with van der Waals surface area (Å²) in [5, 5.41) is 12.5. The van der Waals surface area contributed by atoms with Gasteiger partial charge in [0.15, 0.2) is 0 Å². The number of benzene rings is 3. The monoisotopic (exact) mass is 556 g/mol. The van der Waals surface area contributed by atoms with Gasteiger partial charge in [0, 0.05) is 18.0 Å². The first-order chi connectivity index (χ1) is 18.6. The topological polar surface area (TPSA) is 69.6 Å². The molecule has 1 heterocycles. The SMILES string of the molecule is CCCNC(=O)[C@@]1(Sc2ccc(C)cc2)CC(=O)N(Cc2ccccc2C(F)(F)F)[C@@H]1c1ccc(CO)cc1. The van der Waals surface area contributed by atoms with Gasteiger partial charge in [-0.2, -0.15) is 13.2 Å². The summed E-state index contributed by atoms with van der Waals surface area (Å²) in [4.78, 5) is 29.8. The Balaban J connectivity index is 1.87. The molecule has 0 saturated carbocycles. The molecule has 5 nitrogen and oxygen atoms in total. The van der Waals surface area contributed by atoms with Gasteiger partial charge in [-0.1, -0.05) is 67.1 Å². The zero-order valence-electron chi connectivity index (χ0n) is 21.8. The third-order valence-corrected chi connectivity index (χ3v) is 8.30. The second-order valence-corrected chi connectivity index (χ2v) is 11.1. The van der Waals surface area contributed by atoms with Gasteiger partial charge in [0.2, 0.25) is 11.8 Å². The first-order valence-corrected chi connectivity index (χ1v) is 13.6. The number of aliphatic hydroxyl groups is 1. The van der Waals surface area contributed by atoms with E-state index in [9.17, 15) is 27.9 Å². The molecular formula is C30H31F3N2O3S. The highest BCUT2D eigenvalue weighted by Gasteiger charge is 2.58. The van der Waals surface area contributed by atoms with Gasteiger partial charge in [-0.25, -0.2) is 0 Å². The van der Waals surface area contributed by atoms with Gasteiger partial charge in [0.05, 0.1) is 24.6 Å². The van der Waals surface area contributed by atoms with E-state index in [0.29, 0.717) is 24.1 Å². The third-order valence-electron chi connectivity index (χ3n) is 6.87. The highest BCUT2D eigenvalue weighted by atomic mass is 32.2. The second kappa shape index (κ2) is 11.8. The van der Waals surface area contributed by atoms with Crippen LogP contribution in [0.4, 0.5) is 13.2 Å². The van der Waals surface area contributed by atoms with E-state index in [2.05, 4.69) is 5.32 Å². The maximum atomic E-state index is 13.9. The molecule has 0 unspecified atom stereocenters. The van der Waals surface area contributed by atoms with E-state index in [-0.39, 0.29) is 31.0 Å². The molecule has 3 aromatic carbocycles. The molecule has 2 amide bonds. The summed E-state index contributed by atoms with van der Waals surface area (Å²) < 4.78 is 40.3. The minimum atomic E-state index is -4.59. The fraction of sp³-hybridized carbons (Fsp3) is 0.333. The van der Waals surface area contributed by atoms with E-state index >= 15 is 0 Å². The Bertz CT molecular complexity index is 1310. The number of carbonyl (C=O) groups excluding carboxylic acids is 2. The number of thioether (sulfide) groups is 1. The molecule has 0 bridgehead atoms. The minimum absolute atomic E-state index is 0.0413. The van der Waals surface area contributed by atoms with Crippen molar-refractivity contribution in [2.24, 2.45) is 0 Å². The number of hydrogen-bond donors (Lipinski definition) is 2. The first-order valence-electron chi connectivity index (χ1n) is 12.8. The number of carbonyl (C=O) groups is 2. The van der Waals surface area contributed by atoms with Crippen molar-refractivity contribution in [1.29, 1.82) is 0 Å². The smallest absolute Gasteiger partial charge is 0.392 e. The Kier molecular flexibility index (Phi) is 8.71. The van der Waals surface area contributed by atoms with Crippen LogP contribution < -0.4 is 5.32 Å². The van der Waals surface area contributed by atoms with Gasteiger partial charge in [0.1, 0.15) is 4.75 Å². The van der Waals surface area contributed by atoms with Crippen LogP contribution >= 0.6 is 11.8 Å². The van der Waals surface area contributed by atoms with Crippen LogP contribution in [-0.2, 0) is 28.9 Å². The van der Waals surface area contributed by atoms with E-state index in [0.717, 1.165) is 16.5 Å². The molecular weight excluding hydrogens is 525 g/mol. The zero-order valence-corrected chi connectivity index (χ0v) is 22.6. The van der Waals surface area contributed by atoms with E-state index in [4.69, 9.17) is 0 Å². The number of halogens is 3. The van der Waals surface area contributed by atoms with Gasteiger partial charge in [-0.15, -0.1) is 11.8 Å². The number of nitrogens with zero attached hydrogens (tertiary/aromatic N) is 1. The maximum absolute atomic E-state index is 13.9.